The zero-order chi connectivity index (χ0) is 24.7. The Labute approximate surface area is 205 Å². The van der Waals surface area contributed by atoms with Crippen LogP contribution in [0.15, 0.2) is 78.9 Å². The lowest BCUT2D eigenvalue weighted by Gasteiger charge is -2.35. The Morgan fingerprint density at radius 3 is 1.54 bits per heavy atom. The van der Waals surface area contributed by atoms with E-state index in [-0.39, 0.29) is 17.6 Å². The standard InChI is InChI=1S/C31H27NO3/c1-18-15-16-22(19(2)17-18)32-27(33)25-26(28(32)34)31(4)24(21-13-9-6-10-14-21)23(30(25,3)29(31)35)20-11-7-5-8-12-20/h5-17,25-26H,1-4H3/t25-,26+,30-,31-/m0/s1. The maximum Gasteiger partial charge on any atom is 0.239 e. The van der Waals surface area contributed by atoms with Gasteiger partial charge in [0.15, 0.2) is 5.78 Å². The lowest BCUT2D eigenvalue weighted by Crippen LogP contribution is -2.40. The summed E-state index contributed by atoms with van der Waals surface area (Å²) >= 11 is 0. The predicted octanol–water partition coefficient (Wildman–Crippen LogP) is 5.63. The lowest BCUT2D eigenvalue weighted by atomic mass is 9.63. The van der Waals surface area contributed by atoms with E-state index in [0.29, 0.717) is 5.69 Å². The van der Waals surface area contributed by atoms with Gasteiger partial charge in [-0.3, -0.25) is 14.4 Å². The molecule has 4 atom stereocenters. The summed E-state index contributed by atoms with van der Waals surface area (Å²) < 4.78 is 0. The van der Waals surface area contributed by atoms with Gasteiger partial charge in [0.1, 0.15) is 0 Å². The molecule has 3 aliphatic rings. The van der Waals surface area contributed by atoms with Crippen LogP contribution in [-0.4, -0.2) is 17.6 Å². The molecule has 3 aromatic rings. The smallest absolute Gasteiger partial charge is 0.239 e. The van der Waals surface area contributed by atoms with Crippen LogP contribution in [-0.2, 0) is 14.4 Å². The van der Waals surface area contributed by atoms with Gasteiger partial charge in [-0.1, -0.05) is 78.4 Å². The molecule has 0 spiro atoms. The molecular weight excluding hydrogens is 434 g/mol. The first kappa shape index (κ1) is 21.7. The molecule has 1 saturated heterocycles. The number of fused-ring (bicyclic) bond motifs is 5. The molecule has 1 saturated carbocycles. The number of hydrogen-bond acceptors (Lipinski definition) is 3. The average molecular weight is 462 g/mol. The fraction of sp³-hybridized carbons (Fsp3) is 0.258. The Hall–Kier alpha value is -3.79. The topological polar surface area (TPSA) is 54.5 Å². The first-order valence-electron chi connectivity index (χ1n) is 12.1. The zero-order valence-electron chi connectivity index (χ0n) is 20.3. The van der Waals surface area contributed by atoms with Crippen molar-refractivity contribution in [3.05, 3.63) is 101 Å². The Kier molecular flexibility index (Phi) is 4.41. The summed E-state index contributed by atoms with van der Waals surface area (Å²) in [7, 11) is 0. The van der Waals surface area contributed by atoms with Gasteiger partial charge in [-0.05, 0) is 61.6 Å². The first-order chi connectivity index (χ1) is 16.7. The molecule has 3 aromatic carbocycles. The monoisotopic (exact) mass is 461 g/mol. The SMILES string of the molecule is Cc1ccc(N2C(=O)[C@@H]3[C@H](C2=O)[C@@]2(C)C(=O)[C@@]3(C)C(c3ccccc3)=C2c2ccccc2)c(C)c1. The third-order valence-corrected chi connectivity index (χ3v) is 8.50. The number of Topliss-reactive ketones (excluding diaryl/α,β-unsaturated/α-hetero) is 1. The third kappa shape index (κ3) is 2.54. The van der Waals surface area contributed by atoms with E-state index >= 15 is 0 Å². The molecule has 35 heavy (non-hydrogen) atoms. The summed E-state index contributed by atoms with van der Waals surface area (Å²) in [6.45, 7) is 7.67. The summed E-state index contributed by atoms with van der Waals surface area (Å²) in [5.74, 6) is -2.02. The van der Waals surface area contributed by atoms with Crippen LogP contribution < -0.4 is 4.90 Å². The van der Waals surface area contributed by atoms with Crippen LogP contribution >= 0.6 is 0 Å². The summed E-state index contributed by atoms with van der Waals surface area (Å²) in [6.07, 6.45) is 0. The molecular formula is C31H27NO3. The van der Waals surface area contributed by atoms with Crippen LogP contribution in [0.4, 0.5) is 5.69 Å². The fourth-order valence-electron chi connectivity index (χ4n) is 7.10. The fourth-order valence-corrected chi connectivity index (χ4v) is 7.10. The minimum atomic E-state index is -1.09. The normalized spacial score (nSPS) is 29.4. The summed E-state index contributed by atoms with van der Waals surface area (Å²) in [6, 6.07) is 25.4. The second-order valence-electron chi connectivity index (χ2n) is 10.5. The molecule has 0 N–H and O–H groups in total. The average Bonchev–Trinajstić information content (AvgIpc) is 3.30. The lowest BCUT2D eigenvalue weighted by molar-refractivity contribution is -0.133. The number of imide groups is 1. The molecule has 6 rings (SSSR count). The third-order valence-electron chi connectivity index (χ3n) is 8.50. The van der Waals surface area contributed by atoms with E-state index in [1.165, 1.54) is 4.90 Å². The number of aryl methyl sites for hydroxylation is 2. The van der Waals surface area contributed by atoms with Crippen molar-refractivity contribution >= 4 is 34.4 Å². The molecule has 1 aliphatic heterocycles. The van der Waals surface area contributed by atoms with E-state index in [4.69, 9.17) is 0 Å². The van der Waals surface area contributed by atoms with E-state index in [0.717, 1.165) is 33.4 Å². The summed E-state index contributed by atoms with van der Waals surface area (Å²) in [4.78, 5) is 43.8. The van der Waals surface area contributed by atoms with Gasteiger partial charge in [0.25, 0.3) is 0 Å². The molecule has 0 radical (unpaired) electrons. The van der Waals surface area contributed by atoms with Crippen molar-refractivity contribution in [1.29, 1.82) is 0 Å². The Bertz CT molecular complexity index is 1370. The van der Waals surface area contributed by atoms with Gasteiger partial charge < -0.3 is 0 Å². The molecule has 2 aliphatic carbocycles. The predicted molar refractivity (Wildman–Crippen MR) is 136 cm³/mol. The van der Waals surface area contributed by atoms with Crippen LogP contribution in [0.25, 0.3) is 11.1 Å². The van der Waals surface area contributed by atoms with Gasteiger partial charge >= 0.3 is 0 Å². The largest absolute Gasteiger partial charge is 0.298 e. The van der Waals surface area contributed by atoms with Gasteiger partial charge in [-0.25, -0.2) is 4.90 Å². The number of hydrogen-bond donors (Lipinski definition) is 0. The number of anilines is 1. The summed E-state index contributed by atoms with van der Waals surface area (Å²) in [5.41, 5.74) is 3.98. The van der Waals surface area contributed by atoms with Crippen molar-refractivity contribution in [3.63, 3.8) is 0 Å². The quantitative estimate of drug-likeness (QED) is 0.475. The number of benzene rings is 3. The minimum absolute atomic E-state index is 0.0281. The second kappa shape index (κ2) is 7.11. The number of carbonyl (C=O) groups excluding carboxylic acids is 3. The van der Waals surface area contributed by atoms with Crippen molar-refractivity contribution in [2.75, 3.05) is 4.90 Å². The minimum Gasteiger partial charge on any atom is -0.298 e. The number of rotatable bonds is 3. The zero-order valence-corrected chi connectivity index (χ0v) is 20.3. The van der Waals surface area contributed by atoms with Crippen molar-refractivity contribution in [3.8, 4) is 0 Å². The molecule has 174 valence electrons. The van der Waals surface area contributed by atoms with Crippen LogP contribution in [0.5, 0.6) is 0 Å². The van der Waals surface area contributed by atoms with E-state index in [1.807, 2.05) is 107 Å². The number of ketones is 1. The van der Waals surface area contributed by atoms with Gasteiger partial charge in [-0.2, -0.15) is 0 Å². The number of nitrogens with zero attached hydrogens (tertiary/aromatic N) is 1. The molecule has 0 aromatic heterocycles. The van der Waals surface area contributed by atoms with Gasteiger partial charge in [0.2, 0.25) is 11.8 Å². The molecule has 0 unspecified atom stereocenters. The highest BCUT2D eigenvalue weighted by Crippen LogP contribution is 2.73. The van der Waals surface area contributed by atoms with Crippen molar-refractivity contribution in [1.82, 2.24) is 0 Å². The molecule has 2 amide bonds. The molecule has 2 fully saturated rings. The highest BCUT2D eigenvalue weighted by Gasteiger charge is 2.78. The van der Waals surface area contributed by atoms with Gasteiger partial charge in [0.05, 0.1) is 28.4 Å². The van der Waals surface area contributed by atoms with E-state index < -0.39 is 22.7 Å². The molecule has 4 nitrogen and oxygen atoms in total. The van der Waals surface area contributed by atoms with Crippen LogP contribution in [0, 0.1) is 36.5 Å². The Morgan fingerprint density at radius 2 is 1.11 bits per heavy atom. The molecule has 1 heterocycles. The Balaban J connectivity index is 1.62. The number of amides is 2. The van der Waals surface area contributed by atoms with Crippen molar-refractivity contribution in [2.45, 2.75) is 27.7 Å². The van der Waals surface area contributed by atoms with Crippen molar-refractivity contribution in [2.24, 2.45) is 22.7 Å². The van der Waals surface area contributed by atoms with E-state index in [9.17, 15) is 14.4 Å². The first-order valence-corrected chi connectivity index (χ1v) is 12.1. The Morgan fingerprint density at radius 1 is 0.657 bits per heavy atom. The summed E-state index contributed by atoms with van der Waals surface area (Å²) in [5, 5.41) is 0. The highest BCUT2D eigenvalue weighted by atomic mass is 16.2. The highest BCUT2D eigenvalue weighted by molar-refractivity contribution is 6.34. The number of carbonyl (C=O) groups is 3. The second-order valence-corrected chi connectivity index (χ2v) is 10.5. The van der Waals surface area contributed by atoms with Crippen LogP contribution in [0.1, 0.15) is 36.1 Å². The van der Waals surface area contributed by atoms with Gasteiger partial charge in [0, 0.05) is 0 Å². The van der Waals surface area contributed by atoms with Gasteiger partial charge in [-0.15, -0.1) is 0 Å². The van der Waals surface area contributed by atoms with E-state index in [1.54, 1.807) is 0 Å². The number of allylic oxidation sites excluding steroid dienone is 2. The van der Waals surface area contributed by atoms with Crippen LogP contribution in [0.2, 0.25) is 0 Å². The molecule has 4 heteroatoms. The molecule has 2 bridgehead atoms. The van der Waals surface area contributed by atoms with E-state index in [2.05, 4.69) is 0 Å². The maximum atomic E-state index is 14.3. The van der Waals surface area contributed by atoms with Crippen LogP contribution in [0.3, 0.4) is 0 Å². The van der Waals surface area contributed by atoms with Crippen molar-refractivity contribution < 1.29 is 14.4 Å². The maximum absolute atomic E-state index is 14.3.